The minimum atomic E-state index is -1.09. The largest absolute Gasteiger partial charge is 0.481 e. The molecule has 0 aliphatic carbocycles. The lowest BCUT2D eigenvalue weighted by molar-refractivity contribution is -0.139. The van der Waals surface area contributed by atoms with Crippen LogP contribution in [0.5, 0.6) is 0 Å². The molecule has 0 heterocycles. The van der Waals surface area contributed by atoms with E-state index in [2.05, 4.69) is 11.9 Å². The van der Waals surface area contributed by atoms with Crippen molar-refractivity contribution in [3.63, 3.8) is 0 Å². The summed E-state index contributed by atoms with van der Waals surface area (Å²) in [5, 5.41) is 10.8. The van der Waals surface area contributed by atoms with Crippen LogP contribution in [0.3, 0.4) is 0 Å². The first kappa shape index (κ1) is 11.6. The molecule has 0 aliphatic heterocycles. The Labute approximate surface area is 76.6 Å². The zero-order valence-corrected chi connectivity index (χ0v) is 7.49. The first-order valence-electron chi connectivity index (χ1n) is 3.87. The molecular weight excluding hydrogens is 172 g/mol. The van der Waals surface area contributed by atoms with Crippen LogP contribution in [0.2, 0.25) is 0 Å². The highest BCUT2D eigenvalue weighted by Gasteiger charge is 2.17. The second-order valence-corrected chi connectivity index (χ2v) is 2.74. The molecule has 0 aromatic heterocycles. The van der Waals surface area contributed by atoms with Crippen LogP contribution < -0.4 is 11.1 Å². The minimum Gasteiger partial charge on any atom is -0.481 e. The monoisotopic (exact) mass is 186 g/mol. The smallest absolute Gasteiger partial charge is 0.305 e. The number of carboxylic acid groups (broad SMARTS) is 1. The SMILES string of the molecule is C=CC(C)NC(=O)C(N)CC(=O)O. The molecule has 13 heavy (non-hydrogen) atoms. The molecule has 0 saturated heterocycles. The third-order valence-corrected chi connectivity index (χ3v) is 1.45. The maximum absolute atomic E-state index is 11.1. The number of nitrogens with one attached hydrogen (secondary N) is 1. The van der Waals surface area contributed by atoms with Gasteiger partial charge >= 0.3 is 5.97 Å². The molecule has 2 atom stereocenters. The number of carboxylic acids is 1. The van der Waals surface area contributed by atoms with E-state index >= 15 is 0 Å². The van der Waals surface area contributed by atoms with Crippen LogP contribution in [0.25, 0.3) is 0 Å². The van der Waals surface area contributed by atoms with E-state index in [-0.39, 0.29) is 12.5 Å². The van der Waals surface area contributed by atoms with Crippen molar-refractivity contribution < 1.29 is 14.7 Å². The molecule has 0 fully saturated rings. The Balaban J connectivity index is 3.95. The van der Waals surface area contributed by atoms with Gasteiger partial charge in [0.2, 0.25) is 5.91 Å². The van der Waals surface area contributed by atoms with Crippen LogP contribution >= 0.6 is 0 Å². The Bertz CT molecular complexity index is 215. The number of aliphatic carboxylic acids is 1. The fourth-order valence-electron chi connectivity index (χ4n) is 0.671. The Morgan fingerprint density at radius 3 is 2.62 bits per heavy atom. The van der Waals surface area contributed by atoms with Crippen molar-refractivity contribution >= 4 is 11.9 Å². The standard InChI is InChI=1S/C8H14N2O3/c1-3-5(2)10-8(13)6(9)4-7(11)12/h3,5-6H,1,4,9H2,2H3,(H,10,13)(H,11,12). The van der Waals surface area contributed by atoms with Gasteiger partial charge in [-0.05, 0) is 6.92 Å². The molecule has 2 unspecified atom stereocenters. The average molecular weight is 186 g/mol. The Morgan fingerprint density at radius 2 is 2.23 bits per heavy atom. The molecule has 1 amide bonds. The van der Waals surface area contributed by atoms with Gasteiger partial charge in [-0.1, -0.05) is 6.08 Å². The predicted octanol–water partition coefficient (Wildman–Crippen LogP) is -0.521. The minimum absolute atomic E-state index is 0.202. The highest BCUT2D eigenvalue weighted by Crippen LogP contribution is 1.90. The lowest BCUT2D eigenvalue weighted by Crippen LogP contribution is -2.44. The summed E-state index contributed by atoms with van der Waals surface area (Å²) in [5.41, 5.74) is 5.29. The normalized spacial score (nSPS) is 14.3. The van der Waals surface area contributed by atoms with E-state index in [1.807, 2.05) is 0 Å². The van der Waals surface area contributed by atoms with E-state index in [1.54, 1.807) is 6.92 Å². The van der Waals surface area contributed by atoms with E-state index in [9.17, 15) is 9.59 Å². The molecular formula is C8H14N2O3. The number of carbonyl (C=O) groups excluding carboxylic acids is 1. The number of carbonyl (C=O) groups is 2. The van der Waals surface area contributed by atoms with Gasteiger partial charge in [-0.15, -0.1) is 6.58 Å². The van der Waals surface area contributed by atoms with E-state index in [1.165, 1.54) is 6.08 Å². The third kappa shape index (κ3) is 4.97. The Hall–Kier alpha value is -1.36. The van der Waals surface area contributed by atoms with Crippen LogP contribution in [0, 0.1) is 0 Å². The molecule has 4 N–H and O–H groups in total. The van der Waals surface area contributed by atoms with Gasteiger partial charge in [0.1, 0.15) is 0 Å². The summed E-state index contributed by atoms with van der Waals surface area (Å²) in [6.07, 6.45) is 1.17. The van der Waals surface area contributed by atoms with Crippen molar-refractivity contribution in [1.29, 1.82) is 0 Å². The van der Waals surface area contributed by atoms with Crippen molar-refractivity contribution in [2.24, 2.45) is 5.73 Å². The first-order chi connectivity index (χ1) is 5.97. The molecule has 0 aromatic rings. The Kier molecular flexibility index (Phi) is 4.76. The van der Waals surface area contributed by atoms with Crippen molar-refractivity contribution in [2.45, 2.75) is 25.4 Å². The average Bonchev–Trinajstić information content (AvgIpc) is 2.02. The zero-order chi connectivity index (χ0) is 10.4. The van der Waals surface area contributed by atoms with Crippen molar-refractivity contribution in [2.75, 3.05) is 0 Å². The zero-order valence-electron chi connectivity index (χ0n) is 7.49. The Morgan fingerprint density at radius 1 is 1.69 bits per heavy atom. The summed E-state index contributed by atoms with van der Waals surface area (Å²) >= 11 is 0. The molecule has 0 bridgehead atoms. The fraction of sp³-hybridized carbons (Fsp3) is 0.500. The molecule has 0 aliphatic rings. The lowest BCUT2D eigenvalue weighted by atomic mass is 10.2. The number of nitrogens with two attached hydrogens (primary N) is 1. The predicted molar refractivity (Wildman–Crippen MR) is 48.0 cm³/mol. The maximum Gasteiger partial charge on any atom is 0.305 e. The summed E-state index contributed by atoms with van der Waals surface area (Å²) < 4.78 is 0. The van der Waals surface area contributed by atoms with E-state index < -0.39 is 17.9 Å². The third-order valence-electron chi connectivity index (χ3n) is 1.45. The molecule has 0 saturated carbocycles. The number of amides is 1. The topological polar surface area (TPSA) is 92.4 Å². The molecule has 0 spiro atoms. The van der Waals surface area contributed by atoms with E-state index in [4.69, 9.17) is 10.8 Å². The van der Waals surface area contributed by atoms with Gasteiger partial charge in [0.05, 0.1) is 12.5 Å². The summed E-state index contributed by atoms with van der Waals surface area (Å²) in [6.45, 7) is 5.18. The summed E-state index contributed by atoms with van der Waals surface area (Å²) in [4.78, 5) is 21.3. The molecule has 0 rings (SSSR count). The van der Waals surface area contributed by atoms with E-state index in [0.717, 1.165) is 0 Å². The van der Waals surface area contributed by atoms with Crippen LogP contribution in [0.4, 0.5) is 0 Å². The first-order valence-corrected chi connectivity index (χ1v) is 3.87. The summed E-state index contributed by atoms with van der Waals surface area (Å²) in [6, 6.07) is -1.20. The maximum atomic E-state index is 11.1. The lowest BCUT2D eigenvalue weighted by Gasteiger charge is -2.12. The van der Waals surface area contributed by atoms with Gasteiger partial charge in [0.15, 0.2) is 0 Å². The molecule has 74 valence electrons. The van der Waals surface area contributed by atoms with Gasteiger partial charge in [-0.25, -0.2) is 0 Å². The quantitative estimate of drug-likeness (QED) is 0.504. The van der Waals surface area contributed by atoms with Gasteiger partial charge < -0.3 is 16.2 Å². The van der Waals surface area contributed by atoms with E-state index in [0.29, 0.717) is 0 Å². The van der Waals surface area contributed by atoms with Crippen LogP contribution in [-0.4, -0.2) is 29.1 Å². The second kappa shape index (κ2) is 5.31. The summed E-state index contributed by atoms with van der Waals surface area (Å²) in [5.74, 6) is -1.57. The van der Waals surface area contributed by atoms with Crippen molar-refractivity contribution in [1.82, 2.24) is 5.32 Å². The highest BCUT2D eigenvalue weighted by atomic mass is 16.4. The molecule has 5 heteroatoms. The molecule has 0 aromatic carbocycles. The fourth-order valence-corrected chi connectivity index (χ4v) is 0.671. The van der Waals surface area contributed by atoms with Gasteiger partial charge in [-0.2, -0.15) is 0 Å². The van der Waals surface area contributed by atoms with Gasteiger partial charge in [-0.3, -0.25) is 9.59 Å². The summed E-state index contributed by atoms with van der Waals surface area (Å²) in [7, 11) is 0. The second-order valence-electron chi connectivity index (χ2n) is 2.74. The van der Waals surface area contributed by atoms with Gasteiger partial charge in [0, 0.05) is 6.04 Å². The van der Waals surface area contributed by atoms with Crippen LogP contribution in [0.15, 0.2) is 12.7 Å². The van der Waals surface area contributed by atoms with Crippen molar-refractivity contribution in [3.05, 3.63) is 12.7 Å². The number of hydrogen-bond donors (Lipinski definition) is 3. The van der Waals surface area contributed by atoms with Crippen LogP contribution in [0.1, 0.15) is 13.3 Å². The number of hydrogen-bond acceptors (Lipinski definition) is 3. The highest BCUT2D eigenvalue weighted by molar-refractivity contribution is 5.86. The van der Waals surface area contributed by atoms with Crippen LogP contribution in [-0.2, 0) is 9.59 Å². The van der Waals surface area contributed by atoms with Gasteiger partial charge in [0.25, 0.3) is 0 Å². The molecule has 5 nitrogen and oxygen atoms in total. The number of rotatable bonds is 5. The molecule has 0 radical (unpaired) electrons. The van der Waals surface area contributed by atoms with Crippen molar-refractivity contribution in [3.8, 4) is 0 Å².